The van der Waals surface area contributed by atoms with Crippen LogP contribution in [0.3, 0.4) is 0 Å². The molecular weight excluding hydrogens is 276 g/mol. The largest absolute Gasteiger partial charge is 0.325 e. The lowest BCUT2D eigenvalue weighted by molar-refractivity contribution is -0.385. The highest BCUT2D eigenvalue weighted by molar-refractivity contribution is 9.10. The molecule has 86 valence electrons. The van der Waals surface area contributed by atoms with Crippen molar-refractivity contribution in [3.05, 3.63) is 33.9 Å². The fourth-order valence-corrected chi connectivity index (χ4v) is 1.24. The van der Waals surface area contributed by atoms with E-state index in [1.165, 1.54) is 6.07 Å². The second-order valence-corrected chi connectivity index (χ2v) is 4.74. The summed E-state index contributed by atoms with van der Waals surface area (Å²) in [4.78, 5) is 21.2. The second-order valence-electron chi connectivity index (χ2n) is 3.36. The van der Waals surface area contributed by atoms with Crippen LogP contribution in [0.1, 0.15) is 12.5 Å². The molecule has 1 N–H and O–H groups in total. The van der Waals surface area contributed by atoms with Crippen LogP contribution in [-0.4, -0.2) is 15.7 Å². The van der Waals surface area contributed by atoms with Gasteiger partial charge in [0.15, 0.2) is 0 Å². The van der Waals surface area contributed by atoms with E-state index in [0.29, 0.717) is 11.3 Å². The van der Waals surface area contributed by atoms with E-state index in [0.717, 1.165) is 0 Å². The van der Waals surface area contributed by atoms with Crippen LogP contribution in [0.15, 0.2) is 18.2 Å². The first-order valence-electron chi connectivity index (χ1n) is 4.62. The summed E-state index contributed by atoms with van der Waals surface area (Å²) in [6.07, 6.45) is 0. The molecule has 0 radical (unpaired) electrons. The molecule has 0 spiro atoms. The zero-order valence-corrected chi connectivity index (χ0v) is 10.4. The van der Waals surface area contributed by atoms with Crippen molar-refractivity contribution in [3.8, 4) is 0 Å². The van der Waals surface area contributed by atoms with Crippen molar-refractivity contribution in [1.82, 2.24) is 0 Å². The van der Waals surface area contributed by atoms with E-state index in [2.05, 4.69) is 21.2 Å². The maximum absolute atomic E-state index is 11.4. The summed E-state index contributed by atoms with van der Waals surface area (Å²) in [5.41, 5.74) is 0.989. The number of nitrogens with one attached hydrogen (secondary N) is 1. The molecule has 5 nitrogen and oxygen atoms in total. The standard InChI is InChI=1S/C10H11BrN2O3/c1-6-3-4-8(5-9(6)13(15)16)12-10(14)7(2)11/h3-5,7H,1-2H3,(H,12,14)/t7-/m0/s1. The molecule has 0 bridgehead atoms. The van der Waals surface area contributed by atoms with E-state index < -0.39 is 4.92 Å². The van der Waals surface area contributed by atoms with Crippen LogP contribution in [0.5, 0.6) is 0 Å². The Hall–Kier alpha value is -1.43. The Bertz CT molecular complexity index is 432. The van der Waals surface area contributed by atoms with E-state index in [1.54, 1.807) is 26.0 Å². The lowest BCUT2D eigenvalue weighted by atomic mass is 10.2. The van der Waals surface area contributed by atoms with Gasteiger partial charge in [0, 0.05) is 17.3 Å². The SMILES string of the molecule is Cc1ccc(NC(=O)[C@H](C)Br)cc1[N+](=O)[O-]. The van der Waals surface area contributed by atoms with Crippen molar-refractivity contribution in [3.63, 3.8) is 0 Å². The Labute approximate surface area is 101 Å². The van der Waals surface area contributed by atoms with Gasteiger partial charge in [-0.1, -0.05) is 22.0 Å². The predicted octanol–water partition coefficient (Wildman–Crippen LogP) is 2.63. The Morgan fingerprint density at radius 1 is 1.56 bits per heavy atom. The minimum Gasteiger partial charge on any atom is -0.325 e. The molecule has 0 aliphatic heterocycles. The first-order chi connectivity index (χ1) is 7.41. The zero-order valence-electron chi connectivity index (χ0n) is 8.86. The van der Waals surface area contributed by atoms with Crippen molar-refractivity contribution in [2.75, 3.05) is 5.32 Å². The molecular formula is C10H11BrN2O3. The molecule has 0 saturated heterocycles. The van der Waals surface area contributed by atoms with Crippen LogP contribution in [-0.2, 0) is 4.79 Å². The van der Waals surface area contributed by atoms with Crippen LogP contribution in [0.2, 0.25) is 0 Å². The molecule has 0 aromatic heterocycles. The molecule has 1 atom stereocenters. The molecule has 0 unspecified atom stereocenters. The van der Waals surface area contributed by atoms with Gasteiger partial charge < -0.3 is 5.32 Å². The number of rotatable bonds is 3. The van der Waals surface area contributed by atoms with E-state index in [9.17, 15) is 14.9 Å². The Kier molecular flexibility index (Phi) is 4.00. The van der Waals surface area contributed by atoms with Gasteiger partial charge in [-0.2, -0.15) is 0 Å². The fourth-order valence-electron chi connectivity index (χ4n) is 1.13. The van der Waals surface area contributed by atoms with Crippen LogP contribution in [0.25, 0.3) is 0 Å². The normalized spacial score (nSPS) is 11.9. The summed E-state index contributed by atoms with van der Waals surface area (Å²) in [6, 6.07) is 4.59. The number of hydrogen-bond donors (Lipinski definition) is 1. The number of nitro groups is 1. The summed E-state index contributed by atoms with van der Waals surface area (Å²) in [5, 5.41) is 13.3. The summed E-state index contributed by atoms with van der Waals surface area (Å²) in [5.74, 6) is -0.238. The molecule has 0 aliphatic carbocycles. The quantitative estimate of drug-likeness (QED) is 0.527. The Morgan fingerprint density at radius 2 is 2.19 bits per heavy atom. The third-order valence-electron chi connectivity index (χ3n) is 2.03. The number of nitrogens with zero attached hydrogens (tertiary/aromatic N) is 1. The predicted molar refractivity (Wildman–Crippen MR) is 64.9 cm³/mol. The number of amides is 1. The van der Waals surface area contributed by atoms with E-state index >= 15 is 0 Å². The van der Waals surface area contributed by atoms with Crippen LogP contribution < -0.4 is 5.32 Å². The minimum absolute atomic E-state index is 0.0000236. The molecule has 1 amide bonds. The highest BCUT2D eigenvalue weighted by atomic mass is 79.9. The Morgan fingerprint density at radius 3 is 2.69 bits per heavy atom. The molecule has 0 heterocycles. The van der Waals surface area contributed by atoms with E-state index in [1.807, 2.05) is 0 Å². The summed E-state index contributed by atoms with van der Waals surface area (Å²) in [7, 11) is 0. The number of halogens is 1. The van der Waals surface area contributed by atoms with Gasteiger partial charge in [-0.15, -0.1) is 0 Å². The summed E-state index contributed by atoms with van der Waals surface area (Å²) < 4.78 is 0. The van der Waals surface area contributed by atoms with Gasteiger partial charge in [-0.25, -0.2) is 0 Å². The van der Waals surface area contributed by atoms with Gasteiger partial charge in [0.25, 0.3) is 5.69 Å². The maximum Gasteiger partial charge on any atom is 0.274 e. The highest BCUT2D eigenvalue weighted by Crippen LogP contribution is 2.22. The number of carbonyl (C=O) groups is 1. The highest BCUT2D eigenvalue weighted by Gasteiger charge is 2.13. The number of hydrogen-bond acceptors (Lipinski definition) is 3. The molecule has 16 heavy (non-hydrogen) atoms. The first kappa shape index (κ1) is 12.6. The molecule has 0 saturated carbocycles. The third-order valence-corrected chi connectivity index (χ3v) is 2.45. The van der Waals surface area contributed by atoms with Gasteiger partial charge >= 0.3 is 0 Å². The van der Waals surface area contributed by atoms with Crippen molar-refractivity contribution in [1.29, 1.82) is 0 Å². The van der Waals surface area contributed by atoms with Gasteiger partial charge in [0.1, 0.15) is 0 Å². The molecule has 0 fully saturated rings. The maximum atomic E-state index is 11.4. The van der Waals surface area contributed by atoms with Crippen molar-refractivity contribution >= 4 is 33.2 Å². The van der Waals surface area contributed by atoms with Gasteiger partial charge in [-0.3, -0.25) is 14.9 Å². The van der Waals surface area contributed by atoms with Gasteiger partial charge in [0.2, 0.25) is 5.91 Å². The number of aryl methyl sites for hydroxylation is 1. The van der Waals surface area contributed by atoms with E-state index in [4.69, 9.17) is 0 Å². The number of anilines is 1. The molecule has 1 rings (SSSR count). The fraction of sp³-hybridized carbons (Fsp3) is 0.300. The van der Waals surface area contributed by atoms with Gasteiger partial charge in [-0.05, 0) is 19.9 Å². The smallest absolute Gasteiger partial charge is 0.274 e. The molecule has 1 aromatic rings. The monoisotopic (exact) mass is 286 g/mol. The third kappa shape index (κ3) is 3.03. The average molecular weight is 287 g/mol. The topological polar surface area (TPSA) is 72.2 Å². The van der Waals surface area contributed by atoms with Gasteiger partial charge in [0.05, 0.1) is 9.75 Å². The van der Waals surface area contributed by atoms with E-state index in [-0.39, 0.29) is 16.4 Å². The minimum atomic E-state index is -0.470. The lowest BCUT2D eigenvalue weighted by Crippen LogP contribution is -2.19. The van der Waals surface area contributed by atoms with Crippen LogP contribution >= 0.6 is 15.9 Å². The van der Waals surface area contributed by atoms with Crippen molar-refractivity contribution in [2.45, 2.75) is 18.7 Å². The number of benzene rings is 1. The summed E-state index contributed by atoms with van der Waals surface area (Å²) in [6.45, 7) is 3.33. The molecule has 0 aliphatic rings. The Balaban J connectivity index is 2.95. The first-order valence-corrected chi connectivity index (χ1v) is 5.53. The molecule has 6 heteroatoms. The summed E-state index contributed by atoms with van der Waals surface area (Å²) >= 11 is 3.11. The zero-order chi connectivity index (χ0) is 12.3. The van der Waals surface area contributed by atoms with Crippen molar-refractivity contribution < 1.29 is 9.72 Å². The molecule has 1 aromatic carbocycles. The average Bonchev–Trinajstić information content (AvgIpc) is 2.20. The second kappa shape index (κ2) is 5.07. The number of nitro benzene ring substituents is 1. The van der Waals surface area contributed by atoms with Crippen LogP contribution in [0, 0.1) is 17.0 Å². The van der Waals surface area contributed by atoms with Crippen LogP contribution in [0.4, 0.5) is 11.4 Å². The number of carbonyl (C=O) groups excluding carboxylic acids is 1. The lowest BCUT2D eigenvalue weighted by Gasteiger charge is -2.07. The number of alkyl halides is 1. The van der Waals surface area contributed by atoms with Crippen molar-refractivity contribution in [2.24, 2.45) is 0 Å².